The van der Waals surface area contributed by atoms with Gasteiger partial charge in [0.05, 0.1) is 6.54 Å². The van der Waals surface area contributed by atoms with E-state index in [0.717, 1.165) is 0 Å². The van der Waals surface area contributed by atoms with E-state index in [1.807, 2.05) is 0 Å². The van der Waals surface area contributed by atoms with Crippen LogP contribution in [0.15, 0.2) is 0 Å². The largest absolute Gasteiger partial charge is 0.479 e. The molecule has 1 rings (SSSR count). The quantitative estimate of drug-likeness (QED) is 0.806. The SMILES string of the molecule is CCC1(C(=O)O)CCCN1C(=O)CNC(=O)C(C)(C)C. The lowest BCUT2D eigenvalue weighted by Gasteiger charge is -2.34. The number of rotatable bonds is 4. The number of carbonyl (C=O) groups is 3. The zero-order chi connectivity index (χ0) is 15.6. The van der Waals surface area contributed by atoms with Gasteiger partial charge in [-0.3, -0.25) is 9.59 Å². The molecule has 0 aromatic carbocycles. The number of nitrogens with one attached hydrogen (secondary N) is 1. The summed E-state index contributed by atoms with van der Waals surface area (Å²) in [7, 11) is 0. The first-order valence-electron chi connectivity index (χ1n) is 6.97. The molecule has 0 aliphatic carbocycles. The van der Waals surface area contributed by atoms with Crippen molar-refractivity contribution in [3.63, 3.8) is 0 Å². The molecule has 6 heteroatoms. The highest BCUT2D eigenvalue weighted by atomic mass is 16.4. The summed E-state index contributed by atoms with van der Waals surface area (Å²) in [6.07, 6.45) is 1.53. The third kappa shape index (κ3) is 3.11. The summed E-state index contributed by atoms with van der Waals surface area (Å²) in [4.78, 5) is 36.8. The summed E-state index contributed by atoms with van der Waals surface area (Å²) in [5.41, 5.74) is -1.68. The Morgan fingerprint density at radius 3 is 2.35 bits per heavy atom. The van der Waals surface area contributed by atoms with Crippen LogP contribution < -0.4 is 5.32 Å². The van der Waals surface area contributed by atoms with Gasteiger partial charge in [-0.05, 0) is 19.3 Å². The number of carboxylic acid groups (broad SMARTS) is 1. The Bertz CT molecular complexity index is 414. The molecule has 0 spiro atoms. The Balaban J connectivity index is 2.72. The smallest absolute Gasteiger partial charge is 0.329 e. The molecule has 1 aliphatic rings. The van der Waals surface area contributed by atoms with E-state index in [-0.39, 0.29) is 18.4 Å². The molecule has 20 heavy (non-hydrogen) atoms. The Morgan fingerprint density at radius 1 is 1.30 bits per heavy atom. The lowest BCUT2D eigenvalue weighted by Crippen LogP contribution is -2.55. The molecule has 1 heterocycles. The molecule has 1 unspecified atom stereocenters. The van der Waals surface area contributed by atoms with Gasteiger partial charge >= 0.3 is 5.97 Å². The summed E-state index contributed by atoms with van der Waals surface area (Å²) < 4.78 is 0. The number of carbonyl (C=O) groups excluding carboxylic acids is 2. The number of hydrogen-bond acceptors (Lipinski definition) is 3. The van der Waals surface area contributed by atoms with Gasteiger partial charge in [0, 0.05) is 12.0 Å². The first-order valence-corrected chi connectivity index (χ1v) is 6.97. The second-order valence-corrected chi connectivity index (χ2v) is 6.27. The van der Waals surface area contributed by atoms with E-state index in [2.05, 4.69) is 5.32 Å². The van der Waals surface area contributed by atoms with Crippen LogP contribution in [0.1, 0.15) is 47.0 Å². The van der Waals surface area contributed by atoms with Crippen molar-refractivity contribution < 1.29 is 19.5 Å². The molecule has 0 aromatic heterocycles. The fourth-order valence-corrected chi connectivity index (χ4v) is 2.50. The van der Waals surface area contributed by atoms with Gasteiger partial charge in [-0.25, -0.2) is 4.79 Å². The molecule has 0 aromatic rings. The maximum absolute atomic E-state index is 12.2. The van der Waals surface area contributed by atoms with E-state index < -0.39 is 16.9 Å². The summed E-state index contributed by atoms with van der Waals surface area (Å²) in [5.74, 6) is -1.51. The monoisotopic (exact) mass is 284 g/mol. The van der Waals surface area contributed by atoms with Crippen molar-refractivity contribution in [2.24, 2.45) is 5.41 Å². The van der Waals surface area contributed by atoms with E-state index in [9.17, 15) is 19.5 Å². The first-order chi connectivity index (χ1) is 9.15. The second-order valence-electron chi connectivity index (χ2n) is 6.27. The first kappa shape index (κ1) is 16.5. The Kier molecular flexibility index (Phi) is 4.78. The molecule has 114 valence electrons. The maximum atomic E-state index is 12.2. The van der Waals surface area contributed by atoms with Gasteiger partial charge in [0.15, 0.2) is 0 Å². The number of carboxylic acids is 1. The van der Waals surface area contributed by atoms with Crippen LogP contribution in [0.25, 0.3) is 0 Å². The van der Waals surface area contributed by atoms with Crippen molar-refractivity contribution in [3.8, 4) is 0 Å². The van der Waals surface area contributed by atoms with Crippen LogP contribution >= 0.6 is 0 Å². The average Bonchev–Trinajstić information content (AvgIpc) is 2.79. The van der Waals surface area contributed by atoms with Crippen molar-refractivity contribution in [1.29, 1.82) is 0 Å². The Labute approximate surface area is 119 Å². The normalized spacial score (nSPS) is 22.7. The predicted molar refractivity (Wildman–Crippen MR) is 74.1 cm³/mol. The molecule has 2 N–H and O–H groups in total. The van der Waals surface area contributed by atoms with Gasteiger partial charge in [-0.2, -0.15) is 0 Å². The van der Waals surface area contributed by atoms with Crippen LogP contribution in [-0.4, -0.2) is 46.4 Å². The summed E-state index contributed by atoms with van der Waals surface area (Å²) in [5, 5.41) is 12.0. The molecule has 1 aliphatic heterocycles. The minimum Gasteiger partial charge on any atom is -0.479 e. The number of aliphatic carboxylic acids is 1. The van der Waals surface area contributed by atoms with Gasteiger partial charge in [0.2, 0.25) is 11.8 Å². The van der Waals surface area contributed by atoms with Gasteiger partial charge in [-0.1, -0.05) is 27.7 Å². The van der Waals surface area contributed by atoms with E-state index >= 15 is 0 Å². The van der Waals surface area contributed by atoms with Crippen LogP contribution in [0.5, 0.6) is 0 Å². The van der Waals surface area contributed by atoms with E-state index in [0.29, 0.717) is 25.8 Å². The number of amides is 2. The molecule has 0 bridgehead atoms. The van der Waals surface area contributed by atoms with Crippen molar-refractivity contribution in [1.82, 2.24) is 10.2 Å². The molecule has 6 nitrogen and oxygen atoms in total. The second kappa shape index (κ2) is 5.81. The zero-order valence-corrected chi connectivity index (χ0v) is 12.7. The number of nitrogens with zero attached hydrogens (tertiary/aromatic N) is 1. The molecule has 1 atom stereocenters. The Morgan fingerprint density at radius 2 is 1.90 bits per heavy atom. The average molecular weight is 284 g/mol. The van der Waals surface area contributed by atoms with Crippen molar-refractivity contribution >= 4 is 17.8 Å². The Hall–Kier alpha value is -1.59. The highest BCUT2D eigenvalue weighted by Crippen LogP contribution is 2.32. The number of likely N-dealkylation sites (tertiary alicyclic amines) is 1. The molecule has 2 amide bonds. The summed E-state index contributed by atoms with van der Waals surface area (Å²) in [6.45, 7) is 7.34. The lowest BCUT2D eigenvalue weighted by molar-refractivity contribution is -0.156. The molecular weight excluding hydrogens is 260 g/mol. The van der Waals surface area contributed by atoms with Crippen molar-refractivity contribution in [2.45, 2.75) is 52.5 Å². The van der Waals surface area contributed by atoms with E-state index in [1.165, 1.54) is 4.90 Å². The lowest BCUT2D eigenvalue weighted by atomic mass is 9.93. The molecule has 1 fully saturated rings. The standard InChI is InChI=1S/C14H24N2O4/c1-5-14(12(19)20)7-6-8-16(14)10(17)9-15-11(18)13(2,3)4/h5-9H2,1-4H3,(H,15,18)(H,19,20). The summed E-state index contributed by atoms with van der Waals surface area (Å²) in [6, 6.07) is 0. The van der Waals surface area contributed by atoms with Crippen LogP contribution in [0.2, 0.25) is 0 Å². The third-order valence-electron chi connectivity index (χ3n) is 3.85. The van der Waals surface area contributed by atoms with E-state index in [1.54, 1.807) is 27.7 Å². The van der Waals surface area contributed by atoms with Crippen LogP contribution in [0.4, 0.5) is 0 Å². The van der Waals surface area contributed by atoms with Gasteiger partial charge in [-0.15, -0.1) is 0 Å². The molecular formula is C14H24N2O4. The zero-order valence-electron chi connectivity index (χ0n) is 12.7. The summed E-state index contributed by atoms with van der Waals surface area (Å²) >= 11 is 0. The van der Waals surface area contributed by atoms with Gasteiger partial charge in [0.25, 0.3) is 0 Å². The topological polar surface area (TPSA) is 86.7 Å². The minimum atomic E-state index is -1.11. The third-order valence-corrected chi connectivity index (χ3v) is 3.85. The van der Waals surface area contributed by atoms with Crippen molar-refractivity contribution in [2.75, 3.05) is 13.1 Å². The van der Waals surface area contributed by atoms with E-state index in [4.69, 9.17) is 0 Å². The highest BCUT2D eigenvalue weighted by Gasteiger charge is 2.48. The minimum absolute atomic E-state index is 0.148. The van der Waals surface area contributed by atoms with Gasteiger partial charge < -0.3 is 15.3 Å². The van der Waals surface area contributed by atoms with Crippen molar-refractivity contribution in [3.05, 3.63) is 0 Å². The molecule has 0 saturated carbocycles. The van der Waals surface area contributed by atoms with Crippen LogP contribution in [0, 0.1) is 5.41 Å². The molecule has 0 radical (unpaired) electrons. The fourth-order valence-electron chi connectivity index (χ4n) is 2.50. The number of hydrogen-bond donors (Lipinski definition) is 2. The predicted octanol–water partition coefficient (Wildman–Crippen LogP) is 1.00. The van der Waals surface area contributed by atoms with Gasteiger partial charge in [0.1, 0.15) is 5.54 Å². The maximum Gasteiger partial charge on any atom is 0.329 e. The fraction of sp³-hybridized carbons (Fsp3) is 0.786. The van der Waals surface area contributed by atoms with Crippen LogP contribution in [0.3, 0.4) is 0 Å². The van der Waals surface area contributed by atoms with Crippen LogP contribution in [-0.2, 0) is 14.4 Å². The molecule has 1 saturated heterocycles. The highest BCUT2D eigenvalue weighted by molar-refractivity contribution is 5.91.